The Balaban J connectivity index is 1.89. The lowest BCUT2D eigenvalue weighted by Gasteiger charge is -2.31. The normalized spacial score (nSPS) is 17.4. The van der Waals surface area contributed by atoms with Gasteiger partial charge in [0, 0.05) is 7.05 Å². The molecule has 2 rings (SSSR count). The fraction of sp³-hybridized carbons (Fsp3) is 0.667. The van der Waals surface area contributed by atoms with Gasteiger partial charge in [0.1, 0.15) is 5.54 Å². The highest BCUT2D eigenvalue weighted by Crippen LogP contribution is 2.27. The Labute approximate surface area is 121 Å². The van der Waals surface area contributed by atoms with Crippen LogP contribution in [0.1, 0.15) is 32.1 Å². The van der Waals surface area contributed by atoms with E-state index in [0.29, 0.717) is 11.1 Å². The van der Waals surface area contributed by atoms with Crippen LogP contribution in [0.15, 0.2) is 5.16 Å². The molecule has 0 bridgehead atoms. The van der Waals surface area contributed by atoms with Gasteiger partial charge in [0.15, 0.2) is 5.16 Å². The van der Waals surface area contributed by atoms with Crippen LogP contribution in [0.3, 0.4) is 0 Å². The molecule has 1 aromatic heterocycles. The zero-order valence-corrected chi connectivity index (χ0v) is 12.2. The van der Waals surface area contributed by atoms with Crippen LogP contribution in [0.4, 0.5) is 5.95 Å². The number of hydrogen-bond acceptors (Lipinski definition) is 6. The van der Waals surface area contributed by atoms with Gasteiger partial charge in [-0.15, -0.1) is 10.2 Å². The molecular formula is C12H18N6OS. The van der Waals surface area contributed by atoms with Crippen LogP contribution >= 0.6 is 11.8 Å². The summed E-state index contributed by atoms with van der Waals surface area (Å²) in [6.07, 6.45) is 4.57. The second-order valence-electron chi connectivity index (χ2n) is 4.99. The molecule has 0 saturated heterocycles. The summed E-state index contributed by atoms with van der Waals surface area (Å²) in [7, 11) is 1.74. The third-order valence-electron chi connectivity index (χ3n) is 3.50. The van der Waals surface area contributed by atoms with E-state index < -0.39 is 5.54 Å². The predicted molar refractivity (Wildman–Crippen MR) is 75.7 cm³/mol. The average Bonchev–Trinajstić information content (AvgIpc) is 2.77. The number of nitriles is 1. The first-order chi connectivity index (χ1) is 9.56. The van der Waals surface area contributed by atoms with Crippen LogP contribution in [-0.4, -0.2) is 32.0 Å². The first kappa shape index (κ1) is 14.7. The highest BCUT2D eigenvalue weighted by atomic mass is 32.2. The van der Waals surface area contributed by atoms with Gasteiger partial charge in [0.2, 0.25) is 11.9 Å². The van der Waals surface area contributed by atoms with Crippen LogP contribution in [0.2, 0.25) is 0 Å². The summed E-state index contributed by atoms with van der Waals surface area (Å²) < 4.78 is 1.62. The number of carbonyl (C=O) groups is 1. The fourth-order valence-electron chi connectivity index (χ4n) is 2.30. The first-order valence-corrected chi connectivity index (χ1v) is 7.55. The lowest BCUT2D eigenvalue weighted by molar-refractivity contribution is -0.120. The third-order valence-corrected chi connectivity index (χ3v) is 4.52. The van der Waals surface area contributed by atoms with Crippen molar-refractivity contribution in [2.75, 3.05) is 11.5 Å². The zero-order chi connectivity index (χ0) is 14.6. The van der Waals surface area contributed by atoms with E-state index in [0.717, 1.165) is 32.1 Å². The second kappa shape index (κ2) is 6.13. The first-order valence-electron chi connectivity index (χ1n) is 6.56. The zero-order valence-electron chi connectivity index (χ0n) is 11.4. The van der Waals surface area contributed by atoms with Crippen LogP contribution in [0.25, 0.3) is 0 Å². The number of hydrogen-bond donors (Lipinski definition) is 2. The number of aromatic nitrogens is 3. The molecule has 1 aliphatic carbocycles. The Morgan fingerprint density at radius 1 is 1.50 bits per heavy atom. The van der Waals surface area contributed by atoms with E-state index in [9.17, 15) is 10.1 Å². The molecule has 0 unspecified atom stereocenters. The number of rotatable bonds is 4. The molecular weight excluding hydrogens is 276 g/mol. The standard InChI is InChI=1S/C12H18N6OS/c1-18-10(14)16-17-11(18)20-7-9(19)15-12(8-13)5-3-2-4-6-12/h2-7H2,1H3,(H2,14,16)(H,15,19). The molecule has 108 valence electrons. The van der Waals surface area contributed by atoms with E-state index in [4.69, 9.17) is 5.73 Å². The van der Waals surface area contributed by atoms with Gasteiger partial charge in [-0.2, -0.15) is 5.26 Å². The van der Waals surface area contributed by atoms with Crippen molar-refractivity contribution in [1.29, 1.82) is 5.26 Å². The van der Waals surface area contributed by atoms with Gasteiger partial charge in [-0.05, 0) is 12.8 Å². The number of nitrogen functional groups attached to an aromatic ring is 1. The van der Waals surface area contributed by atoms with Gasteiger partial charge in [0.05, 0.1) is 11.8 Å². The van der Waals surface area contributed by atoms with Crippen molar-refractivity contribution in [3.63, 3.8) is 0 Å². The lowest BCUT2D eigenvalue weighted by Crippen LogP contribution is -2.49. The summed E-state index contributed by atoms with van der Waals surface area (Å²) in [5.41, 5.74) is 4.89. The Morgan fingerprint density at radius 3 is 2.75 bits per heavy atom. The summed E-state index contributed by atoms with van der Waals surface area (Å²) in [6.45, 7) is 0. The van der Waals surface area contributed by atoms with Gasteiger partial charge in [-0.1, -0.05) is 31.0 Å². The summed E-state index contributed by atoms with van der Waals surface area (Å²) in [5.74, 6) is 0.365. The molecule has 3 N–H and O–H groups in total. The molecule has 20 heavy (non-hydrogen) atoms. The number of amides is 1. The van der Waals surface area contributed by atoms with E-state index in [-0.39, 0.29) is 11.7 Å². The molecule has 0 atom stereocenters. The maximum atomic E-state index is 12.0. The largest absolute Gasteiger partial charge is 0.368 e. The second-order valence-corrected chi connectivity index (χ2v) is 5.93. The number of carbonyl (C=O) groups excluding carboxylic acids is 1. The molecule has 0 radical (unpaired) electrons. The van der Waals surface area contributed by atoms with Crippen molar-refractivity contribution < 1.29 is 4.79 Å². The van der Waals surface area contributed by atoms with Crippen LogP contribution in [-0.2, 0) is 11.8 Å². The topological polar surface area (TPSA) is 110 Å². The molecule has 1 fully saturated rings. The van der Waals surface area contributed by atoms with Crippen molar-refractivity contribution >= 4 is 23.6 Å². The van der Waals surface area contributed by atoms with Crippen LogP contribution in [0.5, 0.6) is 0 Å². The summed E-state index contributed by atoms with van der Waals surface area (Å²) in [6, 6.07) is 2.27. The number of nitrogens with zero attached hydrogens (tertiary/aromatic N) is 4. The third kappa shape index (κ3) is 3.22. The van der Waals surface area contributed by atoms with Crippen LogP contribution < -0.4 is 11.1 Å². The minimum absolute atomic E-state index is 0.153. The van der Waals surface area contributed by atoms with Gasteiger partial charge < -0.3 is 11.1 Å². The van der Waals surface area contributed by atoms with E-state index >= 15 is 0 Å². The molecule has 1 aromatic rings. The highest BCUT2D eigenvalue weighted by molar-refractivity contribution is 7.99. The molecule has 1 heterocycles. The molecule has 1 saturated carbocycles. The van der Waals surface area contributed by atoms with E-state index in [1.54, 1.807) is 11.6 Å². The molecule has 1 amide bonds. The van der Waals surface area contributed by atoms with Gasteiger partial charge in [-0.25, -0.2) is 0 Å². The SMILES string of the molecule is Cn1c(N)nnc1SCC(=O)NC1(C#N)CCCCC1. The number of thioether (sulfide) groups is 1. The number of nitrogens with one attached hydrogen (secondary N) is 1. The quantitative estimate of drug-likeness (QED) is 0.796. The van der Waals surface area contributed by atoms with E-state index in [1.165, 1.54) is 11.8 Å². The Morgan fingerprint density at radius 2 is 2.20 bits per heavy atom. The Bertz CT molecular complexity index is 529. The Kier molecular flexibility index (Phi) is 4.49. The maximum absolute atomic E-state index is 12.0. The number of anilines is 1. The lowest BCUT2D eigenvalue weighted by atomic mass is 9.83. The molecule has 7 nitrogen and oxygen atoms in total. The monoisotopic (exact) mass is 294 g/mol. The van der Waals surface area contributed by atoms with Gasteiger partial charge in [-0.3, -0.25) is 9.36 Å². The van der Waals surface area contributed by atoms with E-state index in [2.05, 4.69) is 21.6 Å². The smallest absolute Gasteiger partial charge is 0.231 e. The van der Waals surface area contributed by atoms with Crippen molar-refractivity contribution in [2.24, 2.45) is 7.05 Å². The summed E-state index contributed by atoms with van der Waals surface area (Å²) in [4.78, 5) is 12.0. The highest BCUT2D eigenvalue weighted by Gasteiger charge is 2.33. The van der Waals surface area contributed by atoms with Gasteiger partial charge >= 0.3 is 0 Å². The molecule has 8 heteroatoms. The van der Waals surface area contributed by atoms with Crippen molar-refractivity contribution in [3.8, 4) is 6.07 Å². The maximum Gasteiger partial charge on any atom is 0.231 e. The summed E-state index contributed by atoms with van der Waals surface area (Å²) in [5, 5.41) is 20.4. The fourth-order valence-corrected chi connectivity index (χ4v) is 3.02. The average molecular weight is 294 g/mol. The number of nitrogens with two attached hydrogens (primary N) is 1. The van der Waals surface area contributed by atoms with E-state index in [1.807, 2.05) is 0 Å². The minimum Gasteiger partial charge on any atom is -0.368 e. The molecule has 0 aromatic carbocycles. The molecule has 1 aliphatic rings. The predicted octanol–water partition coefficient (Wildman–Crippen LogP) is 0.832. The van der Waals surface area contributed by atoms with Crippen molar-refractivity contribution in [3.05, 3.63) is 0 Å². The minimum atomic E-state index is -0.686. The molecule has 0 spiro atoms. The van der Waals surface area contributed by atoms with Crippen molar-refractivity contribution in [2.45, 2.75) is 42.8 Å². The summed E-state index contributed by atoms with van der Waals surface area (Å²) >= 11 is 1.26. The van der Waals surface area contributed by atoms with Gasteiger partial charge in [0.25, 0.3) is 0 Å². The van der Waals surface area contributed by atoms with Crippen LogP contribution in [0, 0.1) is 11.3 Å². The Hall–Kier alpha value is -1.75. The van der Waals surface area contributed by atoms with Crippen molar-refractivity contribution in [1.82, 2.24) is 20.1 Å². The molecule has 0 aliphatic heterocycles.